The minimum atomic E-state index is -0.998. The van der Waals surface area contributed by atoms with E-state index < -0.39 is 5.97 Å². The largest absolute Gasteiger partial charge is 0.478 e. The van der Waals surface area contributed by atoms with Crippen LogP contribution in [-0.4, -0.2) is 22.2 Å². The van der Waals surface area contributed by atoms with Gasteiger partial charge in [-0.15, -0.1) is 0 Å². The molecule has 0 atom stereocenters. The molecule has 2 heterocycles. The number of nitrogens with zero attached hydrogens (tertiary/aromatic N) is 1. The first-order valence-electron chi connectivity index (χ1n) is 9.63. The third-order valence-corrected chi connectivity index (χ3v) is 5.58. The number of carboxylic acid groups (broad SMARTS) is 1. The van der Waals surface area contributed by atoms with Crippen molar-refractivity contribution in [2.24, 2.45) is 4.99 Å². The van der Waals surface area contributed by atoms with E-state index >= 15 is 0 Å². The van der Waals surface area contributed by atoms with Crippen molar-refractivity contribution in [3.05, 3.63) is 87.5 Å². The van der Waals surface area contributed by atoms with E-state index in [1.807, 2.05) is 13.8 Å². The maximum absolute atomic E-state index is 12.3. The monoisotopic (exact) mass is 432 g/mol. The summed E-state index contributed by atoms with van der Waals surface area (Å²) in [6, 6.07) is 16.3. The van der Waals surface area contributed by atoms with E-state index in [1.165, 1.54) is 29.0 Å². The average molecular weight is 433 g/mol. The Morgan fingerprint density at radius 1 is 1.13 bits per heavy atom. The van der Waals surface area contributed by atoms with Crippen molar-refractivity contribution in [1.82, 2.24) is 5.32 Å². The second-order valence-electron chi connectivity index (χ2n) is 7.27. The van der Waals surface area contributed by atoms with Gasteiger partial charge in [-0.05, 0) is 55.4 Å². The SMILES string of the molecule is Cc1cc(C)cc(CN=C2NC(=O)/C(=C/c3ccc(-c4cccc(C(=O)O)c4)o3)S2)c1. The van der Waals surface area contributed by atoms with E-state index in [4.69, 9.17) is 9.52 Å². The van der Waals surface area contributed by atoms with E-state index in [0.29, 0.717) is 33.7 Å². The lowest BCUT2D eigenvalue weighted by Gasteiger charge is -2.02. The fourth-order valence-corrected chi connectivity index (χ4v) is 4.15. The van der Waals surface area contributed by atoms with E-state index in [-0.39, 0.29) is 11.5 Å². The van der Waals surface area contributed by atoms with Crippen molar-refractivity contribution in [3.63, 3.8) is 0 Å². The minimum absolute atomic E-state index is 0.184. The van der Waals surface area contributed by atoms with Crippen LogP contribution in [0, 0.1) is 13.8 Å². The molecule has 31 heavy (non-hydrogen) atoms. The van der Waals surface area contributed by atoms with Crippen LogP contribution in [0.1, 0.15) is 32.8 Å². The zero-order valence-electron chi connectivity index (χ0n) is 17.0. The third-order valence-electron chi connectivity index (χ3n) is 4.63. The summed E-state index contributed by atoms with van der Waals surface area (Å²) < 4.78 is 5.80. The van der Waals surface area contributed by atoms with Crippen LogP contribution in [0.25, 0.3) is 17.4 Å². The maximum atomic E-state index is 12.3. The molecule has 3 aromatic rings. The number of aliphatic imine (C=N–C) groups is 1. The molecule has 7 heteroatoms. The number of amidine groups is 1. The molecule has 2 N–H and O–H groups in total. The van der Waals surface area contributed by atoms with Crippen LogP contribution in [-0.2, 0) is 11.3 Å². The normalized spacial score (nSPS) is 16.1. The number of rotatable bonds is 5. The molecule has 0 spiro atoms. The lowest BCUT2D eigenvalue weighted by Crippen LogP contribution is -2.19. The van der Waals surface area contributed by atoms with Gasteiger partial charge in [0, 0.05) is 11.6 Å². The zero-order chi connectivity index (χ0) is 22.0. The van der Waals surface area contributed by atoms with Crippen LogP contribution in [0.15, 0.2) is 68.9 Å². The molecule has 1 aromatic heterocycles. The smallest absolute Gasteiger partial charge is 0.335 e. The number of carbonyl (C=O) groups excluding carboxylic acids is 1. The Balaban J connectivity index is 1.49. The van der Waals surface area contributed by atoms with Gasteiger partial charge < -0.3 is 14.8 Å². The van der Waals surface area contributed by atoms with Gasteiger partial charge in [0.1, 0.15) is 11.5 Å². The number of carboxylic acids is 1. The van der Waals surface area contributed by atoms with Crippen LogP contribution in [0.4, 0.5) is 0 Å². The van der Waals surface area contributed by atoms with Gasteiger partial charge in [0.2, 0.25) is 0 Å². The van der Waals surface area contributed by atoms with Crippen molar-refractivity contribution >= 4 is 34.9 Å². The number of benzene rings is 2. The molecular formula is C24H20N2O4S. The van der Waals surface area contributed by atoms with Crippen molar-refractivity contribution in [2.75, 3.05) is 0 Å². The lowest BCUT2D eigenvalue weighted by atomic mass is 10.1. The van der Waals surface area contributed by atoms with Gasteiger partial charge in [-0.2, -0.15) is 0 Å². The molecule has 1 amide bonds. The number of amides is 1. The topological polar surface area (TPSA) is 91.9 Å². The van der Waals surface area contributed by atoms with Crippen LogP contribution >= 0.6 is 11.8 Å². The van der Waals surface area contributed by atoms with Crippen LogP contribution in [0.5, 0.6) is 0 Å². The molecule has 0 aliphatic carbocycles. The molecule has 6 nitrogen and oxygen atoms in total. The molecule has 1 aliphatic heterocycles. The third kappa shape index (κ3) is 4.95. The molecule has 0 bridgehead atoms. The Bertz CT molecular complexity index is 1220. The Morgan fingerprint density at radius 2 is 1.90 bits per heavy atom. The quantitative estimate of drug-likeness (QED) is 0.552. The summed E-state index contributed by atoms with van der Waals surface area (Å²) in [5.41, 5.74) is 4.30. The van der Waals surface area contributed by atoms with Gasteiger partial charge in [0.15, 0.2) is 5.17 Å². The summed E-state index contributed by atoms with van der Waals surface area (Å²) in [4.78, 5) is 28.5. The summed E-state index contributed by atoms with van der Waals surface area (Å²) in [6.07, 6.45) is 1.66. The molecule has 4 rings (SSSR count). The van der Waals surface area contributed by atoms with Crippen LogP contribution in [0.3, 0.4) is 0 Å². The fourth-order valence-electron chi connectivity index (χ4n) is 3.35. The summed E-state index contributed by atoms with van der Waals surface area (Å²) in [5, 5.41) is 12.5. The summed E-state index contributed by atoms with van der Waals surface area (Å²) in [7, 11) is 0. The first kappa shape index (κ1) is 20.7. The Labute approximate surface area is 183 Å². The fraction of sp³-hybridized carbons (Fsp3) is 0.125. The van der Waals surface area contributed by atoms with Gasteiger partial charge in [-0.1, -0.05) is 41.5 Å². The van der Waals surface area contributed by atoms with E-state index in [2.05, 4.69) is 28.5 Å². The molecule has 1 fully saturated rings. The number of aryl methyl sites for hydroxylation is 2. The first-order valence-corrected chi connectivity index (χ1v) is 10.4. The van der Waals surface area contributed by atoms with Crippen LogP contribution < -0.4 is 5.32 Å². The number of hydrogen-bond donors (Lipinski definition) is 2. The standard InChI is InChI=1S/C24H20N2O4S/c1-14-8-15(2)10-16(9-14)13-25-24-26-22(27)21(31-24)12-19-6-7-20(30-19)17-4-3-5-18(11-17)23(28)29/h3-12H,13H2,1-2H3,(H,28,29)(H,25,26,27)/b21-12-. The molecule has 1 saturated heterocycles. The van der Waals surface area contributed by atoms with E-state index in [0.717, 1.165) is 5.56 Å². The van der Waals surface area contributed by atoms with Crippen LogP contribution in [0.2, 0.25) is 0 Å². The number of nitrogens with one attached hydrogen (secondary N) is 1. The Kier molecular flexibility index (Phi) is 5.77. The summed E-state index contributed by atoms with van der Waals surface area (Å²) >= 11 is 1.27. The van der Waals surface area contributed by atoms with Crippen molar-refractivity contribution in [3.8, 4) is 11.3 Å². The predicted molar refractivity (Wildman–Crippen MR) is 122 cm³/mol. The van der Waals surface area contributed by atoms with Crippen molar-refractivity contribution in [1.29, 1.82) is 0 Å². The highest BCUT2D eigenvalue weighted by Gasteiger charge is 2.24. The summed E-state index contributed by atoms with van der Waals surface area (Å²) in [5.74, 6) is -0.191. The van der Waals surface area contributed by atoms with Gasteiger partial charge in [-0.25, -0.2) is 4.79 Å². The first-order chi connectivity index (χ1) is 14.9. The molecule has 0 unspecified atom stereocenters. The van der Waals surface area contributed by atoms with Crippen molar-refractivity contribution < 1.29 is 19.1 Å². The van der Waals surface area contributed by atoms with Gasteiger partial charge in [0.05, 0.1) is 17.0 Å². The number of aromatic carboxylic acids is 1. The molecular weight excluding hydrogens is 412 g/mol. The highest BCUT2D eigenvalue weighted by atomic mass is 32.2. The molecule has 0 radical (unpaired) electrons. The molecule has 2 aromatic carbocycles. The minimum Gasteiger partial charge on any atom is -0.478 e. The average Bonchev–Trinajstić information content (AvgIpc) is 3.33. The maximum Gasteiger partial charge on any atom is 0.335 e. The highest BCUT2D eigenvalue weighted by Crippen LogP contribution is 2.29. The highest BCUT2D eigenvalue weighted by molar-refractivity contribution is 8.18. The van der Waals surface area contributed by atoms with Gasteiger partial charge >= 0.3 is 5.97 Å². The Morgan fingerprint density at radius 3 is 2.65 bits per heavy atom. The Hall–Kier alpha value is -3.58. The number of furan rings is 1. The van der Waals surface area contributed by atoms with Crippen molar-refractivity contribution in [2.45, 2.75) is 20.4 Å². The number of thioether (sulfide) groups is 1. The van der Waals surface area contributed by atoms with Gasteiger partial charge in [0.25, 0.3) is 5.91 Å². The molecule has 156 valence electrons. The van der Waals surface area contributed by atoms with E-state index in [1.54, 1.807) is 36.4 Å². The predicted octanol–water partition coefficient (Wildman–Crippen LogP) is 5.02. The number of hydrogen-bond acceptors (Lipinski definition) is 5. The number of carbonyl (C=O) groups is 2. The zero-order valence-corrected chi connectivity index (χ0v) is 17.8. The lowest BCUT2D eigenvalue weighted by molar-refractivity contribution is -0.115. The summed E-state index contributed by atoms with van der Waals surface area (Å²) in [6.45, 7) is 4.58. The molecule has 1 aliphatic rings. The second kappa shape index (κ2) is 8.65. The van der Waals surface area contributed by atoms with Gasteiger partial charge in [-0.3, -0.25) is 9.79 Å². The second-order valence-corrected chi connectivity index (χ2v) is 8.30. The van der Waals surface area contributed by atoms with E-state index in [9.17, 15) is 9.59 Å². The molecule has 0 saturated carbocycles.